The van der Waals surface area contributed by atoms with E-state index in [4.69, 9.17) is 10.5 Å². The third-order valence-electron chi connectivity index (χ3n) is 3.98. The van der Waals surface area contributed by atoms with Gasteiger partial charge in [0, 0.05) is 30.6 Å². The highest BCUT2D eigenvalue weighted by Crippen LogP contribution is 2.25. The number of nitrogens with one attached hydrogen (secondary N) is 2. The Morgan fingerprint density at radius 3 is 2.81 bits per heavy atom. The van der Waals surface area contributed by atoms with E-state index >= 15 is 0 Å². The van der Waals surface area contributed by atoms with Crippen LogP contribution in [0.4, 0.5) is 11.6 Å². The number of aromatic amines is 1. The topological polar surface area (TPSA) is 119 Å². The van der Waals surface area contributed by atoms with E-state index in [9.17, 15) is 0 Å². The first kappa shape index (κ1) is 16.0. The second-order valence-electron chi connectivity index (χ2n) is 5.74. The predicted molar refractivity (Wildman–Crippen MR) is 97.3 cm³/mol. The number of imidazole rings is 2. The fourth-order valence-electron chi connectivity index (χ4n) is 2.73. The zero-order chi connectivity index (χ0) is 18.1. The lowest BCUT2D eigenvalue weighted by atomic mass is 10.2. The first-order valence-electron chi connectivity index (χ1n) is 8.04. The molecule has 9 nitrogen and oxygen atoms in total. The number of methoxy groups -OCH3 is 1. The highest BCUT2D eigenvalue weighted by atomic mass is 16.5. The molecule has 0 bridgehead atoms. The molecule has 4 rings (SSSR count). The lowest BCUT2D eigenvalue weighted by Gasteiger charge is -2.04. The Morgan fingerprint density at radius 2 is 2.08 bits per heavy atom. The standard InChI is InChI=1S/C17H18N8O/c1-10-15(25-9-11(5-18)6-21-17(25)22-10)13-8-20-16(24-13)23-12-3-4-14(26-2)19-7-12/h3-4,6-9H,5,18H2,1-2H3,(H2,20,23,24). The summed E-state index contributed by atoms with van der Waals surface area (Å²) in [6.45, 7) is 2.35. The van der Waals surface area contributed by atoms with Gasteiger partial charge in [-0.1, -0.05) is 0 Å². The third-order valence-corrected chi connectivity index (χ3v) is 3.98. The second-order valence-corrected chi connectivity index (χ2v) is 5.74. The lowest BCUT2D eigenvalue weighted by Crippen LogP contribution is -2.01. The number of anilines is 2. The van der Waals surface area contributed by atoms with Gasteiger partial charge in [0.05, 0.1) is 42.3 Å². The summed E-state index contributed by atoms with van der Waals surface area (Å²) >= 11 is 0. The molecule has 4 N–H and O–H groups in total. The largest absolute Gasteiger partial charge is 0.481 e. The number of nitrogens with two attached hydrogens (primary N) is 1. The molecule has 9 heteroatoms. The Hall–Kier alpha value is -3.46. The average Bonchev–Trinajstić information content (AvgIpc) is 3.24. The molecule has 0 saturated heterocycles. The Kier molecular flexibility index (Phi) is 3.98. The molecule has 0 aliphatic carbocycles. The van der Waals surface area contributed by atoms with Crippen LogP contribution >= 0.6 is 0 Å². The molecule has 0 radical (unpaired) electrons. The molecule has 132 valence electrons. The number of aromatic nitrogens is 6. The summed E-state index contributed by atoms with van der Waals surface area (Å²) in [4.78, 5) is 20.7. The van der Waals surface area contributed by atoms with Gasteiger partial charge in [-0.25, -0.2) is 19.9 Å². The van der Waals surface area contributed by atoms with Gasteiger partial charge in [-0.3, -0.25) is 4.40 Å². The summed E-state index contributed by atoms with van der Waals surface area (Å²) in [6.07, 6.45) is 7.12. The van der Waals surface area contributed by atoms with Gasteiger partial charge in [0.1, 0.15) is 0 Å². The summed E-state index contributed by atoms with van der Waals surface area (Å²) < 4.78 is 6.98. The molecule has 4 heterocycles. The number of H-pyrrole nitrogens is 1. The van der Waals surface area contributed by atoms with Crippen LogP contribution in [0, 0.1) is 6.92 Å². The van der Waals surface area contributed by atoms with E-state index in [0.717, 1.165) is 28.3 Å². The smallest absolute Gasteiger partial charge is 0.234 e. The number of aryl methyl sites for hydroxylation is 1. The number of nitrogens with zero attached hydrogens (tertiary/aromatic N) is 5. The van der Waals surface area contributed by atoms with E-state index in [1.54, 1.807) is 31.8 Å². The van der Waals surface area contributed by atoms with Crippen LogP contribution in [-0.4, -0.2) is 36.4 Å². The highest BCUT2D eigenvalue weighted by molar-refractivity contribution is 5.65. The van der Waals surface area contributed by atoms with Crippen LogP contribution in [0.1, 0.15) is 11.3 Å². The fourth-order valence-corrected chi connectivity index (χ4v) is 2.73. The predicted octanol–water partition coefficient (Wildman–Crippen LogP) is 2.03. The molecule has 4 aromatic heterocycles. The third kappa shape index (κ3) is 2.84. The van der Waals surface area contributed by atoms with E-state index in [0.29, 0.717) is 24.2 Å². The maximum absolute atomic E-state index is 5.73. The van der Waals surface area contributed by atoms with E-state index in [-0.39, 0.29) is 0 Å². The summed E-state index contributed by atoms with van der Waals surface area (Å²) in [5.74, 6) is 1.78. The normalized spacial score (nSPS) is 11.0. The van der Waals surface area contributed by atoms with Gasteiger partial charge in [-0.05, 0) is 13.0 Å². The van der Waals surface area contributed by atoms with Gasteiger partial charge in [-0.15, -0.1) is 0 Å². The molecule has 4 aromatic rings. The van der Waals surface area contributed by atoms with Crippen LogP contribution in [0.3, 0.4) is 0 Å². The van der Waals surface area contributed by atoms with E-state index < -0.39 is 0 Å². The van der Waals surface area contributed by atoms with Crippen molar-refractivity contribution in [2.75, 3.05) is 12.4 Å². The summed E-state index contributed by atoms with van der Waals surface area (Å²) in [6, 6.07) is 3.64. The van der Waals surface area contributed by atoms with E-state index in [1.807, 2.05) is 23.6 Å². The fraction of sp³-hybridized carbons (Fsp3) is 0.176. The van der Waals surface area contributed by atoms with Crippen molar-refractivity contribution >= 4 is 17.4 Å². The first-order chi connectivity index (χ1) is 12.7. The summed E-state index contributed by atoms with van der Waals surface area (Å²) in [7, 11) is 1.58. The van der Waals surface area contributed by atoms with Crippen molar-refractivity contribution in [3.05, 3.63) is 48.2 Å². The van der Waals surface area contributed by atoms with Crippen molar-refractivity contribution in [2.45, 2.75) is 13.5 Å². The quantitative estimate of drug-likeness (QED) is 0.504. The SMILES string of the molecule is COc1ccc(Nc2ncc(-c3c(C)nc4ncc(CN)cn34)[nH]2)cn1. The van der Waals surface area contributed by atoms with Crippen molar-refractivity contribution in [3.63, 3.8) is 0 Å². The monoisotopic (exact) mass is 350 g/mol. The Morgan fingerprint density at radius 1 is 1.19 bits per heavy atom. The molecule has 0 fully saturated rings. The first-order valence-corrected chi connectivity index (χ1v) is 8.04. The minimum absolute atomic E-state index is 0.417. The maximum atomic E-state index is 5.73. The Labute approximate surface area is 149 Å². The molecule has 0 aliphatic rings. The van der Waals surface area contributed by atoms with Crippen LogP contribution in [0.2, 0.25) is 0 Å². The number of hydrogen-bond acceptors (Lipinski definition) is 7. The van der Waals surface area contributed by atoms with Crippen molar-refractivity contribution < 1.29 is 4.74 Å². The zero-order valence-electron chi connectivity index (χ0n) is 14.4. The zero-order valence-corrected chi connectivity index (χ0v) is 14.4. The maximum Gasteiger partial charge on any atom is 0.234 e. The Balaban J connectivity index is 1.67. The van der Waals surface area contributed by atoms with Gasteiger partial charge in [0.2, 0.25) is 17.6 Å². The van der Waals surface area contributed by atoms with Crippen molar-refractivity contribution in [1.29, 1.82) is 0 Å². The molecule has 0 unspecified atom stereocenters. The van der Waals surface area contributed by atoms with Crippen molar-refractivity contribution in [1.82, 2.24) is 29.3 Å². The molecule has 0 atom stereocenters. The van der Waals surface area contributed by atoms with Gasteiger partial charge in [-0.2, -0.15) is 0 Å². The van der Waals surface area contributed by atoms with E-state index in [1.165, 1.54) is 0 Å². The van der Waals surface area contributed by atoms with Crippen molar-refractivity contribution in [2.24, 2.45) is 5.73 Å². The molecule has 0 aliphatic heterocycles. The summed E-state index contributed by atoms with van der Waals surface area (Å²) in [5, 5.41) is 3.18. The minimum Gasteiger partial charge on any atom is -0.481 e. The summed E-state index contributed by atoms with van der Waals surface area (Å²) in [5.41, 5.74) is 10.0. The Bertz CT molecular complexity index is 1050. The van der Waals surface area contributed by atoms with Gasteiger partial charge >= 0.3 is 0 Å². The second kappa shape index (κ2) is 6.45. The molecule has 0 aromatic carbocycles. The highest BCUT2D eigenvalue weighted by Gasteiger charge is 2.14. The molecule has 0 saturated carbocycles. The molecular weight excluding hydrogens is 332 g/mol. The molecule has 0 amide bonds. The van der Waals surface area contributed by atoms with E-state index in [2.05, 4.69) is 30.2 Å². The number of pyridine rings is 1. The van der Waals surface area contributed by atoms with Crippen LogP contribution in [0.25, 0.3) is 17.2 Å². The van der Waals surface area contributed by atoms with Crippen molar-refractivity contribution in [3.8, 4) is 17.3 Å². The molecule has 26 heavy (non-hydrogen) atoms. The number of rotatable bonds is 5. The average molecular weight is 350 g/mol. The van der Waals surface area contributed by atoms with Crippen LogP contribution in [-0.2, 0) is 6.54 Å². The van der Waals surface area contributed by atoms with Gasteiger partial charge in [0.25, 0.3) is 0 Å². The number of ether oxygens (including phenoxy) is 1. The van der Waals surface area contributed by atoms with Crippen LogP contribution in [0.5, 0.6) is 5.88 Å². The number of hydrogen-bond donors (Lipinski definition) is 3. The lowest BCUT2D eigenvalue weighted by molar-refractivity contribution is 0.398. The minimum atomic E-state index is 0.417. The van der Waals surface area contributed by atoms with Crippen LogP contribution < -0.4 is 15.8 Å². The molecule has 0 spiro atoms. The van der Waals surface area contributed by atoms with Gasteiger partial charge in [0.15, 0.2) is 0 Å². The van der Waals surface area contributed by atoms with Crippen LogP contribution in [0.15, 0.2) is 36.9 Å². The van der Waals surface area contributed by atoms with Gasteiger partial charge < -0.3 is 20.8 Å². The molecular formula is C17H18N8O. The number of fused-ring (bicyclic) bond motifs is 1.